The summed E-state index contributed by atoms with van der Waals surface area (Å²) < 4.78 is 56.3. The van der Waals surface area contributed by atoms with Crippen LogP contribution in [0.5, 0.6) is 23.0 Å². The molecule has 0 N–H and O–H groups in total. The van der Waals surface area contributed by atoms with Crippen molar-refractivity contribution in [3.05, 3.63) is 40.6 Å². The van der Waals surface area contributed by atoms with Gasteiger partial charge in [0, 0.05) is 18.3 Å². The van der Waals surface area contributed by atoms with Crippen molar-refractivity contribution in [2.45, 2.75) is 6.36 Å². The van der Waals surface area contributed by atoms with Gasteiger partial charge in [-0.05, 0) is 28.1 Å². The van der Waals surface area contributed by atoms with E-state index in [2.05, 4.69) is 30.4 Å². The zero-order valence-corrected chi connectivity index (χ0v) is 14.5. The molecular formula is C15H11BrF3NO5. The normalized spacial score (nSPS) is 11.0. The largest absolute Gasteiger partial charge is 0.573 e. The summed E-state index contributed by atoms with van der Waals surface area (Å²) in [5.74, 6) is -1.03. The number of benzene rings is 1. The average molecular weight is 422 g/mol. The first-order chi connectivity index (χ1) is 11.7. The maximum absolute atomic E-state index is 12.3. The Morgan fingerprint density at radius 3 is 2.44 bits per heavy atom. The van der Waals surface area contributed by atoms with Crippen LogP contribution in [0.1, 0.15) is 10.4 Å². The zero-order chi connectivity index (χ0) is 18.6. The number of alkyl halides is 3. The van der Waals surface area contributed by atoms with Crippen molar-refractivity contribution in [1.82, 2.24) is 4.98 Å². The van der Waals surface area contributed by atoms with Crippen LogP contribution in [0.2, 0.25) is 0 Å². The highest BCUT2D eigenvalue weighted by Crippen LogP contribution is 2.37. The predicted octanol–water partition coefficient (Wildman–Crippen LogP) is 4.33. The summed E-state index contributed by atoms with van der Waals surface area (Å²) >= 11 is 3.14. The molecule has 2 rings (SSSR count). The second-order valence-corrected chi connectivity index (χ2v) is 5.27. The van der Waals surface area contributed by atoms with E-state index in [9.17, 15) is 18.0 Å². The van der Waals surface area contributed by atoms with Crippen LogP contribution in [-0.2, 0) is 4.74 Å². The Morgan fingerprint density at radius 1 is 1.12 bits per heavy atom. The Morgan fingerprint density at radius 2 is 1.84 bits per heavy atom. The summed E-state index contributed by atoms with van der Waals surface area (Å²) in [6.07, 6.45) is -3.60. The first kappa shape index (κ1) is 18.8. The summed E-state index contributed by atoms with van der Waals surface area (Å²) in [5.41, 5.74) is 0.0309. The average Bonchev–Trinajstić information content (AvgIpc) is 2.54. The quantitative estimate of drug-likeness (QED) is 0.528. The Kier molecular flexibility index (Phi) is 5.73. The second kappa shape index (κ2) is 7.60. The fraction of sp³-hybridized carbons (Fsp3) is 0.200. The van der Waals surface area contributed by atoms with Gasteiger partial charge in [-0.2, -0.15) is 0 Å². The lowest BCUT2D eigenvalue weighted by molar-refractivity contribution is -0.274. The Balaban J connectivity index is 2.37. The van der Waals surface area contributed by atoms with Crippen molar-refractivity contribution in [3.63, 3.8) is 0 Å². The van der Waals surface area contributed by atoms with E-state index >= 15 is 0 Å². The van der Waals surface area contributed by atoms with Crippen molar-refractivity contribution in [2.24, 2.45) is 0 Å². The fourth-order valence-corrected chi connectivity index (χ4v) is 2.12. The number of carbonyl (C=O) groups is 1. The summed E-state index contributed by atoms with van der Waals surface area (Å²) in [5, 5.41) is 0. The van der Waals surface area contributed by atoms with Crippen molar-refractivity contribution in [1.29, 1.82) is 0 Å². The van der Waals surface area contributed by atoms with Crippen LogP contribution in [0.15, 0.2) is 35.1 Å². The van der Waals surface area contributed by atoms with Gasteiger partial charge in [-0.1, -0.05) is 0 Å². The van der Waals surface area contributed by atoms with Crippen molar-refractivity contribution < 1.29 is 36.9 Å². The van der Waals surface area contributed by atoms with Crippen LogP contribution in [0.3, 0.4) is 0 Å². The molecular weight excluding hydrogens is 411 g/mol. The van der Waals surface area contributed by atoms with Gasteiger partial charge in [0.1, 0.15) is 21.7 Å². The highest BCUT2D eigenvalue weighted by molar-refractivity contribution is 9.10. The highest BCUT2D eigenvalue weighted by atomic mass is 79.9. The predicted molar refractivity (Wildman–Crippen MR) is 83.0 cm³/mol. The molecule has 0 fully saturated rings. The third kappa shape index (κ3) is 4.99. The molecule has 0 saturated heterocycles. The van der Waals surface area contributed by atoms with Gasteiger partial charge in [0.25, 0.3) is 0 Å². The summed E-state index contributed by atoms with van der Waals surface area (Å²) in [6.45, 7) is 0. The zero-order valence-electron chi connectivity index (χ0n) is 12.9. The Bertz CT molecular complexity index is 782. The molecule has 1 heterocycles. The molecule has 1 aromatic heterocycles. The molecule has 2 aromatic rings. The van der Waals surface area contributed by atoms with Gasteiger partial charge in [0.15, 0.2) is 11.5 Å². The molecule has 134 valence electrons. The van der Waals surface area contributed by atoms with E-state index in [1.165, 1.54) is 32.5 Å². The number of rotatable bonds is 5. The molecule has 0 aliphatic rings. The molecule has 1 aromatic carbocycles. The first-order valence-corrected chi connectivity index (χ1v) is 7.38. The molecule has 0 aliphatic carbocycles. The van der Waals surface area contributed by atoms with E-state index in [4.69, 9.17) is 9.47 Å². The number of nitrogens with zero attached hydrogens (tertiary/aromatic N) is 1. The number of carbonyl (C=O) groups excluding carboxylic acids is 1. The number of halogens is 4. The van der Waals surface area contributed by atoms with Gasteiger partial charge in [-0.15, -0.1) is 13.2 Å². The highest BCUT2D eigenvalue weighted by Gasteiger charge is 2.31. The topological polar surface area (TPSA) is 66.9 Å². The smallest absolute Gasteiger partial charge is 0.493 e. The van der Waals surface area contributed by atoms with Crippen LogP contribution in [0.4, 0.5) is 13.2 Å². The monoisotopic (exact) mass is 421 g/mol. The van der Waals surface area contributed by atoms with E-state index in [0.29, 0.717) is 4.60 Å². The number of esters is 1. The van der Waals surface area contributed by atoms with Crippen molar-refractivity contribution in [3.8, 4) is 23.0 Å². The van der Waals surface area contributed by atoms with Crippen molar-refractivity contribution in [2.75, 3.05) is 14.2 Å². The summed E-state index contributed by atoms with van der Waals surface area (Å²) in [4.78, 5) is 15.7. The third-order valence-corrected chi connectivity index (χ3v) is 3.26. The van der Waals surface area contributed by atoms with Gasteiger partial charge in [-0.3, -0.25) is 0 Å². The minimum atomic E-state index is -4.83. The van der Waals surface area contributed by atoms with E-state index in [1.807, 2.05) is 0 Å². The molecule has 25 heavy (non-hydrogen) atoms. The lowest BCUT2D eigenvalue weighted by atomic mass is 10.2. The molecule has 0 unspecified atom stereocenters. The van der Waals surface area contributed by atoms with E-state index in [-0.39, 0.29) is 22.8 Å². The fourth-order valence-electron chi connectivity index (χ4n) is 1.81. The van der Waals surface area contributed by atoms with Gasteiger partial charge in [0.2, 0.25) is 0 Å². The van der Waals surface area contributed by atoms with Gasteiger partial charge < -0.3 is 18.9 Å². The molecule has 0 aliphatic heterocycles. The standard InChI is InChI=1S/C15H11BrF3NO5/c1-22-12-5-8(25-15(17,18)19)3-4-10(12)24-11-6-13(16)20-7-9(11)14(21)23-2/h3-7H,1-2H3. The minimum absolute atomic E-state index is 0.0227. The van der Waals surface area contributed by atoms with Gasteiger partial charge in [-0.25, -0.2) is 9.78 Å². The van der Waals surface area contributed by atoms with E-state index < -0.39 is 18.1 Å². The summed E-state index contributed by atoms with van der Waals surface area (Å²) in [7, 11) is 2.45. The first-order valence-electron chi connectivity index (χ1n) is 6.59. The van der Waals surface area contributed by atoms with Crippen molar-refractivity contribution >= 4 is 21.9 Å². The number of aromatic nitrogens is 1. The molecule has 0 saturated carbocycles. The molecule has 10 heteroatoms. The number of hydrogen-bond acceptors (Lipinski definition) is 6. The molecule has 0 amide bonds. The Hall–Kier alpha value is -2.49. The van der Waals surface area contributed by atoms with Crippen LogP contribution >= 0.6 is 15.9 Å². The molecule has 6 nitrogen and oxygen atoms in total. The maximum atomic E-state index is 12.3. The molecule has 0 bridgehead atoms. The van der Waals surface area contributed by atoms with E-state index in [1.54, 1.807) is 0 Å². The SMILES string of the molecule is COC(=O)c1cnc(Br)cc1Oc1ccc(OC(F)(F)F)cc1OC. The molecule has 0 atom stereocenters. The second-order valence-electron chi connectivity index (χ2n) is 4.46. The lowest BCUT2D eigenvalue weighted by Gasteiger charge is -2.15. The Labute approximate surface area is 148 Å². The lowest BCUT2D eigenvalue weighted by Crippen LogP contribution is -2.17. The van der Waals surface area contributed by atoms with Crippen LogP contribution in [0, 0.1) is 0 Å². The molecule has 0 spiro atoms. The molecule has 0 radical (unpaired) electrons. The number of pyridine rings is 1. The number of methoxy groups -OCH3 is 2. The van der Waals surface area contributed by atoms with Crippen LogP contribution in [0.25, 0.3) is 0 Å². The summed E-state index contributed by atoms with van der Waals surface area (Å²) in [6, 6.07) is 4.69. The number of hydrogen-bond donors (Lipinski definition) is 0. The van der Waals surface area contributed by atoms with E-state index in [0.717, 1.165) is 12.1 Å². The minimum Gasteiger partial charge on any atom is -0.493 e. The third-order valence-electron chi connectivity index (χ3n) is 2.83. The maximum Gasteiger partial charge on any atom is 0.573 e. The number of ether oxygens (including phenoxy) is 4. The van der Waals surface area contributed by atoms with Crippen LogP contribution in [-0.4, -0.2) is 31.5 Å². The van der Waals surface area contributed by atoms with Gasteiger partial charge >= 0.3 is 12.3 Å². The van der Waals surface area contributed by atoms with Crippen LogP contribution < -0.4 is 14.2 Å². The van der Waals surface area contributed by atoms with Gasteiger partial charge in [0.05, 0.1) is 14.2 Å².